The van der Waals surface area contributed by atoms with Crippen LogP contribution in [0.25, 0.3) is 11.3 Å². The monoisotopic (exact) mass is 375 g/mol. The number of carbonyl (C=O) groups excluding carboxylic acids is 1. The molecule has 1 aromatic carbocycles. The molecule has 0 radical (unpaired) electrons. The minimum atomic E-state index is -0.338. The van der Waals surface area contributed by atoms with Crippen molar-refractivity contribution >= 4 is 34.9 Å². The highest BCUT2D eigenvalue weighted by molar-refractivity contribution is 6.42. The van der Waals surface area contributed by atoms with Gasteiger partial charge in [0.05, 0.1) is 21.9 Å². The Labute approximate surface area is 154 Å². The van der Waals surface area contributed by atoms with Crippen molar-refractivity contribution in [1.29, 1.82) is 0 Å². The molecule has 0 aliphatic heterocycles. The Morgan fingerprint density at radius 1 is 1.16 bits per heavy atom. The van der Waals surface area contributed by atoms with Gasteiger partial charge in [-0.25, -0.2) is 4.79 Å². The summed E-state index contributed by atoms with van der Waals surface area (Å²) in [7, 11) is 1.86. The SMILES string of the molecule is Cn1cc(-c2ccc(CNC(=O)Nc3ccc(Cl)c(Cl)c3)cn2)cn1. The Balaban J connectivity index is 1.55. The molecule has 3 rings (SSSR count). The maximum absolute atomic E-state index is 11.9. The molecule has 2 N–H and O–H groups in total. The molecule has 0 saturated carbocycles. The zero-order valence-electron chi connectivity index (χ0n) is 13.3. The van der Waals surface area contributed by atoms with Crippen LogP contribution in [0.2, 0.25) is 10.0 Å². The molecule has 0 spiro atoms. The number of nitrogens with zero attached hydrogens (tertiary/aromatic N) is 3. The van der Waals surface area contributed by atoms with Crippen molar-refractivity contribution in [3.8, 4) is 11.3 Å². The third-order valence-corrected chi connectivity index (χ3v) is 4.19. The summed E-state index contributed by atoms with van der Waals surface area (Å²) in [4.78, 5) is 16.3. The number of hydrogen-bond acceptors (Lipinski definition) is 3. The molecule has 0 aliphatic rings. The molecule has 128 valence electrons. The molecule has 0 saturated heterocycles. The molecular weight excluding hydrogens is 361 g/mol. The van der Waals surface area contributed by atoms with Crippen molar-refractivity contribution in [1.82, 2.24) is 20.1 Å². The van der Waals surface area contributed by atoms with Gasteiger partial charge < -0.3 is 10.6 Å². The number of urea groups is 1. The molecule has 6 nitrogen and oxygen atoms in total. The highest BCUT2D eigenvalue weighted by atomic mass is 35.5. The van der Waals surface area contributed by atoms with E-state index in [1.54, 1.807) is 35.3 Å². The summed E-state index contributed by atoms with van der Waals surface area (Å²) in [5.41, 5.74) is 3.23. The van der Waals surface area contributed by atoms with Gasteiger partial charge in [0.25, 0.3) is 0 Å². The fourth-order valence-electron chi connectivity index (χ4n) is 2.18. The van der Waals surface area contributed by atoms with Crippen LogP contribution in [0.5, 0.6) is 0 Å². The number of aromatic nitrogens is 3. The second kappa shape index (κ2) is 7.55. The van der Waals surface area contributed by atoms with Gasteiger partial charge in [0.15, 0.2) is 0 Å². The Bertz CT molecular complexity index is 892. The largest absolute Gasteiger partial charge is 0.334 e. The summed E-state index contributed by atoms with van der Waals surface area (Å²) in [6.07, 6.45) is 5.37. The van der Waals surface area contributed by atoms with Crippen LogP contribution in [0.1, 0.15) is 5.56 Å². The van der Waals surface area contributed by atoms with Gasteiger partial charge >= 0.3 is 6.03 Å². The van der Waals surface area contributed by atoms with Crippen LogP contribution in [-0.2, 0) is 13.6 Å². The van der Waals surface area contributed by atoms with E-state index >= 15 is 0 Å². The third kappa shape index (κ3) is 4.49. The average molecular weight is 376 g/mol. The third-order valence-electron chi connectivity index (χ3n) is 3.46. The van der Waals surface area contributed by atoms with Crippen molar-refractivity contribution < 1.29 is 4.79 Å². The maximum Gasteiger partial charge on any atom is 0.319 e. The van der Waals surface area contributed by atoms with Crippen LogP contribution < -0.4 is 10.6 Å². The molecule has 8 heteroatoms. The Hall–Kier alpha value is -2.57. The van der Waals surface area contributed by atoms with Crippen LogP contribution in [0.15, 0.2) is 48.9 Å². The molecule has 0 fully saturated rings. The maximum atomic E-state index is 11.9. The molecule has 0 bridgehead atoms. The van der Waals surface area contributed by atoms with Gasteiger partial charge in [-0.15, -0.1) is 0 Å². The second-order valence-corrected chi connectivity index (χ2v) is 6.21. The zero-order chi connectivity index (χ0) is 17.8. The molecule has 0 unspecified atom stereocenters. The lowest BCUT2D eigenvalue weighted by Crippen LogP contribution is -2.28. The number of anilines is 1. The molecule has 2 heterocycles. The number of pyridine rings is 1. The molecule has 2 aromatic heterocycles. The van der Waals surface area contributed by atoms with Gasteiger partial charge in [0.2, 0.25) is 0 Å². The number of benzene rings is 1. The number of carbonyl (C=O) groups is 1. The van der Waals surface area contributed by atoms with Gasteiger partial charge in [0.1, 0.15) is 0 Å². The number of aryl methyl sites for hydroxylation is 1. The lowest BCUT2D eigenvalue weighted by atomic mass is 10.2. The fraction of sp³-hybridized carbons (Fsp3) is 0.118. The number of nitrogens with one attached hydrogen (secondary N) is 2. The summed E-state index contributed by atoms with van der Waals surface area (Å²) in [5.74, 6) is 0. The van der Waals surface area contributed by atoms with Crippen LogP contribution in [0.3, 0.4) is 0 Å². The van der Waals surface area contributed by atoms with Crippen molar-refractivity contribution in [2.45, 2.75) is 6.54 Å². The van der Waals surface area contributed by atoms with Gasteiger partial charge in [-0.05, 0) is 29.8 Å². The van der Waals surface area contributed by atoms with E-state index in [9.17, 15) is 4.79 Å². The van der Waals surface area contributed by atoms with Crippen LogP contribution >= 0.6 is 23.2 Å². The topological polar surface area (TPSA) is 71.8 Å². The molecule has 0 atom stereocenters. The first-order chi connectivity index (χ1) is 12.0. The van der Waals surface area contributed by atoms with Gasteiger partial charge in [-0.3, -0.25) is 9.67 Å². The normalized spacial score (nSPS) is 10.5. The van der Waals surface area contributed by atoms with Crippen molar-refractivity contribution in [3.63, 3.8) is 0 Å². The van der Waals surface area contributed by atoms with Gasteiger partial charge in [-0.1, -0.05) is 29.3 Å². The predicted octanol–water partition coefficient (Wildman–Crippen LogP) is 4.11. The fourth-order valence-corrected chi connectivity index (χ4v) is 2.48. The van der Waals surface area contributed by atoms with E-state index in [0.717, 1.165) is 16.8 Å². The zero-order valence-corrected chi connectivity index (χ0v) is 14.8. The first-order valence-corrected chi connectivity index (χ1v) is 8.21. The minimum absolute atomic E-state index is 0.338. The lowest BCUT2D eigenvalue weighted by molar-refractivity contribution is 0.251. The standard InChI is InChI=1S/C17H15Cl2N5O/c1-24-10-12(9-22-24)16-5-2-11(7-20-16)8-21-17(25)23-13-3-4-14(18)15(19)6-13/h2-7,9-10H,8H2,1H3,(H2,21,23,25). The summed E-state index contributed by atoms with van der Waals surface area (Å²) in [6, 6.07) is 8.36. The number of rotatable bonds is 4. The van der Waals surface area contributed by atoms with Crippen LogP contribution in [0.4, 0.5) is 10.5 Å². The summed E-state index contributed by atoms with van der Waals surface area (Å²) >= 11 is 11.8. The smallest absolute Gasteiger partial charge is 0.319 e. The van der Waals surface area contributed by atoms with E-state index in [1.165, 1.54) is 0 Å². The van der Waals surface area contributed by atoms with Gasteiger partial charge in [0, 0.05) is 37.2 Å². The van der Waals surface area contributed by atoms with E-state index in [1.807, 2.05) is 25.4 Å². The highest BCUT2D eigenvalue weighted by Crippen LogP contribution is 2.24. The highest BCUT2D eigenvalue weighted by Gasteiger charge is 2.06. The second-order valence-electron chi connectivity index (χ2n) is 5.39. The van der Waals surface area contributed by atoms with E-state index in [-0.39, 0.29) is 6.03 Å². The first-order valence-electron chi connectivity index (χ1n) is 7.45. The molecule has 3 aromatic rings. The van der Waals surface area contributed by atoms with Crippen LogP contribution in [-0.4, -0.2) is 20.8 Å². The number of halogens is 2. The quantitative estimate of drug-likeness (QED) is 0.720. The van der Waals surface area contributed by atoms with E-state index in [4.69, 9.17) is 23.2 Å². The van der Waals surface area contributed by atoms with Gasteiger partial charge in [-0.2, -0.15) is 5.10 Å². The Morgan fingerprint density at radius 2 is 2.00 bits per heavy atom. The van der Waals surface area contributed by atoms with E-state index < -0.39 is 0 Å². The molecule has 2 amide bonds. The molecular formula is C17H15Cl2N5O. The Morgan fingerprint density at radius 3 is 2.64 bits per heavy atom. The summed E-state index contributed by atoms with van der Waals surface area (Å²) < 4.78 is 1.72. The summed E-state index contributed by atoms with van der Waals surface area (Å²) in [6.45, 7) is 0.355. The summed E-state index contributed by atoms with van der Waals surface area (Å²) in [5, 5.41) is 10.4. The molecule has 0 aliphatic carbocycles. The Kier molecular flexibility index (Phi) is 5.21. The van der Waals surface area contributed by atoms with Crippen molar-refractivity contribution in [2.75, 3.05) is 5.32 Å². The van der Waals surface area contributed by atoms with E-state index in [2.05, 4.69) is 20.7 Å². The van der Waals surface area contributed by atoms with Crippen LogP contribution in [0, 0.1) is 0 Å². The molecule has 25 heavy (non-hydrogen) atoms. The lowest BCUT2D eigenvalue weighted by Gasteiger charge is -2.08. The number of amides is 2. The average Bonchev–Trinajstić information content (AvgIpc) is 3.03. The van der Waals surface area contributed by atoms with Crippen molar-refractivity contribution in [3.05, 3.63) is 64.5 Å². The minimum Gasteiger partial charge on any atom is -0.334 e. The first kappa shape index (κ1) is 17.3. The predicted molar refractivity (Wildman–Crippen MR) is 98.8 cm³/mol. The van der Waals surface area contributed by atoms with Crippen molar-refractivity contribution in [2.24, 2.45) is 7.05 Å². The number of hydrogen-bond donors (Lipinski definition) is 2. The van der Waals surface area contributed by atoms with E-state index in [0.29, 0.717) is 22.3 Å².